The number of ether oxygens (including phenoxy) is 3. The van der Waals surface area contributed by atoms with Crippen LogP contribution in [0.15, 0.2) is 29.7 Å². The Bertz CT molecular complexity index is 846. The molecule has 0 radical (unpaired) electrons. The molecule has 1 fully saturated rings. The predicted molar refractivity (Wildman–Crippen MR) is 107 cm³/mol. The van der Waals surface area contributed by atoms with Gasteiger partial charge in [-0.15, -0.1) is 11.3 Å². The number of nitrogens with zero attached hydrogens (tertiary/aromatic N) is 1. The molecule has 5 nitrogen and oxygen atoms in total. The largest absolute Gasteiger partial charge is 0.496 e. The molecule has 1 N–H and O–H groups in total. The van der Waals surface area contributed by atoms with Crippen LogP contribution in [0.25, 0.3) is 5.76 Å². The standard InChI is InChI=1S/C21H25NO4S/c1-22-9-8-13(15(22)12-23)20-18(25-3)11-17(24-2)14-6-7-16(26-21(14)20)19-5-4-10-27-19/h4-5,7,10-11,13,15,23H,6,8-9,12H2,1-3H3/t13-,15+/m0/s1. The van der Waals surface area contributed by atoms with Gasteiger partial charge in [-0.1, -0.05) is 6.07 Å². The van der Waals surface area contributed by atoms with E-state index < -0.39 is 0 Å². The third-order valence-corrected chi connectivity index (χ3v) is 6.52. The number of allylic oxidation sites excluding steroid dienone is 1. The average molecular weight is 388 g/mol. The van der Waals surface area contributed by atoms with Crippen molar-refractivity contribution >= 4 is 17.1 Å². The first kappa shape index (κ1) is 18.3. The van der Waals surface area contributed by atoms with Crippen molar-refractivity contribution in [1.29, 1.82) is 0 Å². The SMILES string of the molecule is COc1cc(OC)c([C@H]2CCN(C)[C@@H]2CO)c2c1CC=C(c1cccs1)O2. The first-order valence-electron chi connectivity index (χ1n) is 9.18. The highest BCUT2D eigenvalue weighted by Gasteiger charge is 2.38. The molecule has 1 aromatic carbocycles. The second-order valence-electron chi connectivity index (χ2n) is 6.98. The molecule has 2 aliphatic rings. The van der Waals surface area contributed by atoms with Gasteiger partial charge in [0.05, 0.1) is 25.7 Å². The van der Waals surface area contributed by atoms with Crippen molar-refractivity contribution in [3.05, 3.63) is 45.7 Å². The molecule has 2 atom stereocenters. The van der Waals surface area contributed by atoms with Crippen molar-refractivity contribution in [2.24, 2.45) is 0 Å². The lowest BCUT2D eigenvalue weighted by molar-refractivity contribution is 0.171. The predicted octanol–water partition coefficient (Wildman–Crippen LogP) is 3.52. The number of aliphatic hydroxyl groups excluding tert-OH is 1. The number of likely N-dealkylation sites (tertiary alicyclic amines) is 1. The molecule has 0 unspecified atom stereocenters. The topological polar surface area (TPSA) is 51.2 Å². The molecule has 27 heavy (non-hydrogen) atoms. The number of hydrogen-bond donors (Lipinski definition) is 1. The van der Waals surface area contributed by atoms with Crippen molar-refractivity contribution < 1.29 is 19.3 Å². The minimum atomic E-state index is 0.0519. The van der Waals surface area contributed by atoms with E-state index in [-0.39, 0.29) is 18.6 Å². The fourth-order valence-corrected chi connectivity index (χ4v) is 4.91. The summed E-state index contributed by atoms with van der Waals surface area (Å²) >= 11 is 1.66. The Balaban J connectivity index is 1.84. The molecule has 4 rings (SSSR count). The molecule has 6 heteroatoms. The number of aliphatic hydroxyl groups is 1. The number of rotatable bonds is 5. The highest BCUT2D eigenvalue weighted by Crippen LogP contribution is 2.50. The molecule has 0 aliphatic carbocycles. The Hall–Kier alpha value is -2.02. The van der Waals surface area contributed by atoms with Gasteiger partial charge in [0.15, 0.2) is 0 Å². The van der Waals surface area contributed by atoms with Gasteiger partial charge in [-0.3, -0.25) is 0 Å². The number of hydrogen-bond acceptors (Lipinski definition) is 6. The molecule has 1 aromatic heterocycles. The van der Waals surface area contributed by atoms with Crippen LogP contribution in [0.5, 0.6) is 17.2 Å². The maximum atomic E-state index is 9.98. The first-order valence-corrected chi connectivity index (χ1v) is 10.1. The van der Waals surface area contributed by atoms with Crippen LogP contribution in [0.1, 0.15) is 28.3 Å². The summed E-state index contributed by atoms with van der Waals surface area (Å²) < 4.78 is 17.8. The van der Waals surface area contributed by atoms with Gasteiger partial charge in [-0.25, -0.2) is 0 Å². The van der Waals surface area contributed by atoms with Crippen LogP contribution in [0.4, 0.5) is 0 Å². The van der Waals surface area contributed by atoms with E-state index in [9.17, 15) is 5.11 Å². The molecular weight excluding hydrogens is 362 g/mol. The van der Waals surface area contributed by atoms with Crippen LogP contribution in [0, 0.1) is 0 Å². The molecular formula is C21H25NO4S. The van der Waals surface area contributed by atoms with Gasteiger partial charge in [0.25, 0.3) is 0 Å². The van der Waals surface area contributed by atoms with Crippen LogP contribution in [0.3, 0.4) is 0 Å². The number of likely N-dealkylation sites (N-methyl/N-ethyl adjacent to an activating group) is 1. The van der Waals surface area contributed by atoms with E-state index in [2.05, 4.69) is 29.5 Å². The lowest BCUT2D eigenvalue weighted by Gasteiger charge is -2.29. The maximum Gasteiger partial charge on any atom is 0.141 e. The summed E-state index contributed by atoms with van der Waals surface area (Å²) in [5.74, 6) is 3.39. The van der Waals surface area contributed by atoms with Crippen molar-refractivity contribution in [3.63, 3.8) is 0 Å². The van der Waals surface area contributed by atoms with E-state index in [1.165, 1.54) is 0 Å². The molecule has 2 aliphatic heterocycles. The molecule has 0 saturated carbocycles. The van der Waals surface area contributed by atoms with Crippen molar-refractivity contribution in [2.75, 3.05) is 34.4 Å². The summed E-state index contributed by atoms with van der Waals surface area (Å²) in [5, 5.41) is 12.0. The highest BCUT2D eigenvalue weighted by molar-refractivity contribution is 7.11. The van der Waals surface area contributed by atoms with Gasteiger partial charge < -0.3 is 24.2 Å². The molecule has 0 spiro atoms. The van der Waals surface area contributed by atoms with Crippen molar-refractivity contribution in [1.82, 2.24) is 4.90 Å². The third kappa shape index (κ3) is 3.12. The zero-order valence-corrected chi connectivity index (χ0v) is 16.7. The van der Waals surface area contributed by atoms with Crippen LogP contribution in [-0.2, 0) is 6.42 Å². The number of benzene rings is 1. The second-order valence-corrected chi connectivity index (χ2v) is 7.93. The van der Waals surface area contributed by atoms with E-state index in [0.717, 1.165) is 58.4 Å². The fraction of sp³-hybridized carbons (Fsp3) is 0.429. The Morgan fingerprint density at radius 3 is 2.78 bits per heavy atom. The Morgan fingerprint density at radius 1 is 1.30 bits per heavy atom. The van der Waals surface area contributed by atoms with Gasteiger partial charge >= 0.3 is 0 Å². The summed E-state index contributed by atoms with van der Waals surface area (Å²) in [6, 6.07) is 6.10. The summed E-state index contributed by atoms with van der Waals surface area (Å²) in [6.45, 7) is 1.05. The van der Waals surface area contributed by atoms with Gasteiger partial charge in [0, 0.05) is 35.6 Å². The maximum absolute atomic E-state index is 9.98. The minimum Gasteiger partial charge on any atom is -0.496 e. The smallest absolute Gasteiger partial charge is 0.141 e. The van der Waals surface area contributed by atoms with Gasteiger partial charge in [0.2, 0.25) is 0 Å². The number of fused-ring (bicyclic) bond motifs is 1. The summed E-state index contributed by atoms with van der Waals surface area (Å²) in [7, 11) is 5.41. The molecule has 3 heterocycles. The normalized spacial score (nSPS) is 22.1. The second kappa shape index (κ2) is 7.54. The number of methoxy groups -OCH3 is 2. The lowest BCUT2D eigenvalue weighted by atomic mass is 9.87. The van der Waals surface area contributed by atoms with Crippen LogP contribution in [0.2, 0.25) is 0 Å². The molecule has 0 bridgehead atoms. The van der Waals surface area contributed by atoms with E-state index in [4.69, 9.17) is 14.2 Å². The monoisotopic (exact) mass is 387 g/mol. The van der Waals surface area contributed by atoms with Gasteiger partial charge in [-0.05, 0) is 37.5 Å². The van der Waals surface area contributed by atoms with Crippen LogP contribution >= 0.6 is 11.3 Å². The lowest BCUT2D eigenvalue weighted by Crippen LogP contribution is -2.32. The summed E-state index contributed by atoms with van der Waals surface area (Å²) in [4.78, 5) is 3.31. The zero-order valence-electron chi connectivity index (χ0n) is 15.9. The quantitative estimate of drug-likeness (QED) is 0.851. The zero-order chi connectivity index (χ0) is 19.0. The molecule has 144 valence electrons. The molecule has 2 aromatic rings. The van der Waals surface area contributed by atoms with Gasteiger partial charge in [-0.2, -0.15) is 0 Å². The fourth-order valence-electron chi connectivity index (χ4n) is 4.21. The van der Waals surface area contributed by atoms with E-state index in [1.54, 1.807) is 25.6 Å². The van der Waals surface area contributed by atoms with Gasteiger partial charge in [0.1, 0.15) is 23.0 Å². The van der Waals surface area contributed by atoms with Crippen LogP contribution < -0.4 is 14.2 Å². The van der Waals surface area contributed by atoms with Crippen molar-refractivity contribution in [3.8, 4) is 17.2 Å². The molecule has 1 saturated heterocycles. The highest BCUT2D eigenvalue weighted by atomic mass is 32.1. The third-order valence-electron chi connectivity index (χ3n) is 5.63. The minimum absolute atomic E-state index is 0.0519. The Morgan fingerprint density at radius 2 is 2.11 bits per heavy atom. The van der Waals surface area contributed by atoms with E-state index >= 15 is 0 Å². The Kier molecular flexibility index (Phi) is 5.12. The molecule has 0 amide bonds. The number of thiophene rings is 1. The van der Waals surface area contributed by atoms with Crippen molar-refractivity contribution in [2.45, 2.75) is 24.8 Å². The average Bonchev–Trinajstić information content (AvgIpc) is 3.35. The summed E-state index contributed by atoms with van der Waals surface area (Å²) in [5.41, 5.74) is 2.08. The Labute approximate surface area is 163 Å². The first-order chi connectivity index (χ1) is 13.2. The van der Waals surface area contributed by atoms with E-state index in [1.807, 2.05) is 12.1 Å². The van der Waals surface area contributed by atoms with E-state index in [0.29, 0.717) is 0 Å². The summed E-state index contributed by atoms with van der Waals surface area (Å²) in [6.07, 6.45) is 3.81. The van der Waals surface area contributed by atoms with Crippen LogP contribution in [-0.4, -0.2) is 50.5 Å².